The number of nitrogens with zero attached hydrogens (tertiary/aromatic N) is 11. The molecular weight excluding hydrogens is 947 g/mol. The summed E-state index contributed by atoms with van der Waals surface area (Å²) in [5.41, 5.74) is 6.09. The molecule has 0 spiro atoms. The van der Waals surface area contributed by atoms with Crippen molar-refractivity contribution >= 4 is 96.2 Å². The van der Waals surface area contributed by atoms with Crippen LogP contribution >= 0.6 is 39.9 Å². The number of aromatic nitrogens is 12. The number of benzene rings is 2. The summed E-state index contributed by atoms with van der Waals surface area (Å²) in [6.45, 7) is 0.00726. The summed E-state index contributed by atoms with van der Waals surface area (Å²) in [5.74, 6) is 0.0125. The minimum atomic E-state index is -0.466. The number of carbonyl (C=O) groups is 2. The molecule has 10 heterocycles. The molecule has 2 aromatic carbocycles. The first kappa shape index (κ1) is 41.4. The van der Waals surface area contributed by atoms with Gasteiger partial charge in [-0.2, -0.15) is 15.3 Å². The summed E-state index contributed by atoms with van der Waals surface area (Å²) in [5, 5.41) is 30.4. The molecule has 0 saturated heterocycles. The second kappa shape index (κ2) is 16.8. The summed E-state index contributed by atoms with van der Waals surface area (Å²) < 4.78 is 47.3. The number of hydrogen-bond donors (Lipinski definition) is 3. The van der Waals surface area contributed by atoms with Gasteiger partial charge < -0.3 is 20.1 Å². The van der Waals surface area contributed by atoms with E-state index in [2.05, 4.69) is 67.1 Å². The molecule has 0 unspecified atom stereocenters. The van der Waals surface area contributed by atoms with E-state index in [1.54, 1.807) is 58.0 Å². The zero-order chi connectivity index (χ0) is 44.9. The van der Waals surface area contributed by atoms with Crippen molar-refractivity contribution in [3.05, 3.63) is 119 Å². The Hall–Kier alpha value is -7.63. The van der Waals surface area contributed by atoms with E-state index >= 15 is 0 Å². The van der Waals surface area contributed by atoms with Crippen LogP contribution in [0.1, 0.15) is 0 Å². The molecule has 65 heavy (non-hydrogen) atoms. The van der Waals surface area contributed by atoms with E-state index in [-0.39, 0.29) is 36.3 Å². The summed E-state index contributed by atoms with van der Waals surface area (Å²) in [4.78, 5) is 32.2. The van der Waals surface area contributed by atoms with E-state index in [0.717, 1.165) is 42.3 Å². The molecule has 0 aliphatic carbocycles. The highest BCUT2D eigenvalue weighted by atomic mass is 79.9. The maximum absolute atomic E-state index is 14.7. The maximum atomic E-state index is 14.7. The van der Waals surface area contributed by atoms with Crippen LogP contribution in [-0.2, 0) is 23.7 Å². The fourth-order valence-electron chi connectivity index (χ4n) is 7.02. The van der Waals surface area contributed by atoms with Gasteiger partial charge in [0.25, 0.3) is 11.8 Å². The lowest BCUT2D eigenvalue weighted by molar-refractivity contribution is -0.119. The summed E-state index contributed by atoms with van der Waals surface area (Å²) in [7, 11) is 3.61. The number of carbonyl (C=O) groups excluding carboxylic acids is 2. The minimum absolute atomic E-state index is 0.0469. The molecule has 0 radical (unpaired) electrons. The second-order valence-corrected chi connectivity index (χ2v) is 16.8. The van der Waals surface area contributed by atoms with E-state index < -0.39 is 11.6 Å². The molecule has 2 aliphatic heterocycles. The number of anilines is 2. The molecule has 324 valence electrons. The Bertz CT molecular complexity index is 3610. The molecule has 23 heteroatoms. The van der Waals surface area contributed by atoms with Gasteiger partial charge in [-0.15, -0.1) is 10.2 Å². The van der Waals surface area contributed by atoms with Gasteiger partial charge in [-0.05, 0) is 72.5 Å². The van der Waals surface area contributed by atoms with E-state index in [0.29, 0.717) is 43.9 Å². The molecule has 2 aliphatic rings. The molecule has 3 N–H and O–H groups in total. The summed E-state index contributed by atoms with van der Waals surface area (Å²) >= 11 is 9.76. The molecular formula is C42H29BrF2N14O4S2. The van der Waals surface area contributed by atoms with Gasteiger partial charge in [0, 0.05) is 81.3 Å². The number of ether oxygens (including phenoxy) is 2. The van der Waals surface area contributed by atoms with Gasteiger partial charge in [0.05, 0.1) is 35.8 Å². The van der Waals surface area contributed by atoms with Crippen molar-refractivity contribution in [2.45, 2.75) is 10.1 Å². The van der Waals surface area contributed by atoms with Gasteiger partial charge in [-0.3, -0.25) is 42.8 Å². The Morgan fingerprint density at radius 1 is 0.692 bits per heavy atom. The van der Waals surface area contributed by atoms with Crippen LogP contribution in [0.3, 0.4) is 0 Å². The van der Waals surface area contributed by atoms with Crippen LogP contribution < -0.4 is 20.1 Å². The van der Waals surface area contributed by atoms with Crippen LogP contribution in [0.4, 0.5) is 20.2 Å². The number of pyridine rings is 4. The Morgan fingerprint density at radius 3 is 1.86 bits per heavy atom. The van der Waals surface area contributed by atoms with E-state index in [1.165, 1.54) is 28.3 Å². The van der Waals surface area contributed by atoms with E-state index in [4.69, 9.17) is 21.7 Å². The number of aryl methyl sites for hydroxylation is 2. The van der Waals surface area contributed by atoms with Crippen LogP contribution in [0, 0.1) is 16.4 Å². The SMILES string of the molecule is Cn1cc(-c2cc(F)c3n[nH]c(=S)n3c2)cn1.Cn1cc(-c2cc(F)c3nnc(Sc4ccc5ncc6c(c5c4)OCC(=O)N6)n3c2)cn1.O=C1COc2c(cnc3ccc(Br)cc23)N1. The number of nitrogens with one attached hydrogen (secondary N) is 3. The normalized spacial score (nSPS) is 12.9. The third-order valence-corrected chi connectivity index (χ3v) is 11.7. The predicted octanol–water partition coefficient (Wildman–Crippen LogP) is 7.56. The molecule has 2 amide bonds. The standard InChI is InChI=1S/C21H14FN7O2S.C11H7BrN2O2.C10H8FN5S/c1-28-8-12(6-24-28)11-4-15(22)20-26-27-21(29(20)9-11)32-13-2-3-16-14(5-13)19-17(7-23-16)25-18(30)10-31-19;12-6-1-2-8-7(3-6)11-9(4-13-8)14-10(15)5-16-11;1-15-4-7(3-12-15)6-2-8(11)9-13-14-10(17)16(9)5-6/h2-9H,10H2,1H3,(H,25,30);1-4H,5H2,(H,14,15);2-5H,1H3,(H,14,17). The minimum Gasteiger partial charge on any atom is -0.481 e. The molecule has 0 bridgehead atoms. The Balaban J connectivity index is 0.000000127. The molecule has 0 saturated carbocycles. The van der Waals surface area contributed by atoms with Crippen LogP contribution in [0.5, 0.6) is 11.5 Å². The van der Waals surface area contributed by atoms with Crippen LogP contribution in [0.15, 0.2) is 113 Å². The van der Waals surface area contributed by atoms with Crippen molar-refractivity contribution < 1.29 is 27.8 Å². The number of H-pyrrole nitrogens is 1. The topological polar surface area (TPSA) is 201 Å². The molecule has 0 fully saturated rings. The van der Waals surface area contributed by atoms with Crippen molar-refractivity contribution in [1.82, 2.24) is 58.7 Å². The largest absolute Gasteiger partial charge is 0.481 e. The fraction of sp³-hybridized carbons (Fsp3) is 0.0952. The maximum Gasteiger partial charge on any atom is 0.262 e. The lowest BCUT2D eigenvalue weighted by Crippen LogP contribution is -2.25. The monoisotopic (exact) mass is 974 g/mol. The first-order valence-electron chi connectivity index (χ1n) is 19.3. The van der Waals surface area contributed by atoms with Gasteiger partial charge in [0.1, 0.15) is 11.4 Å². The third kappa shape index (κ3) is 8.22. The first-order valence-corrected chi connectivity index (χ1v) is 21.3. The van der Waals surface area contributed by atoms with Crippen LogP contribution in [0.2, 0.25) is 0 Å². The molecule has 12 rings (SSSR count). The van der Waals surface area contributed by atoms with Crippen molar-refractivity contribution in [2.24, 2.45) is 14.1 Å². The van der Waals surface area contributed by atoms with Crippen molar-refractivity contribution in [3.8, 4) is 33.8 Å². The molecule has 8 aromatic heterocycles. The van der Waals surface area contributed by atoms with Crippen molar-refractivity contribution in [2.75, 3.05) is 23.8 Å². The Labute approximate surface area is 381 Å². The van der Waals surface area contributed by atoms with E-state index in [9.17, 15) is 18.4 Å². The summed E-state index contributed by atoms with van der Waals surface area (Å²) in [6, 6.07) is 14.3. The van der Waals surface area contributed by atoms with E-state index in [1.807, 2.05) is 55.8 Å². The number of hydrogen-bond acceptors (Lipinski definition) is 13. The van der Waals surface area contributed by atoms with Gasteiger partial charge in [-0.25, -0.2) is 8.78 Å². The van der Waals surface area contributed by atoms with Gasteiger partial charge >= 0.3 is 0 Å². The van der Waals surface area contributed by atoms with Gasteiger partial charge in [-0.1, -0.05) is 15.9 Å². The highest BCUT2D eigenvalue weighted by Crippen LogP contribution is 2.39. The quantitative estimate of drug-likeness (QED) is 0.146. The molecule has 10 aromatic rings. The predicted molar refractivity (Wildman–Crippen MR) is 241 cm³/mol. The lowest BCUT2D eigenvalue weighted by atomic mass is 10.1. The summed E-state index contributed by atoms with van der Waals surface area (Å²) in [6.07, 6.45) is 13.7. The number of amides is 2. The van der Waals surface area contributed by atoms with Crippen molar-refractivity contribution in [3.63, 3.8) is 0 Å². The number of fused-ring (bicyclic) bond motifs is 8. The van der Waals surface area contributed by atoms with Gasteiger partial charge in [0.2, 0.25) is 5.16 Å². The zero-order valence-electron chi connectivity index (χ0n) is 33.7. The number of halogens is 3. The lowest BCUT2D eigenvalue weighted by Gasteiger charge is -2.19. The average Bonchev–Trinajstić information content (AvgIpc) is 4.12. The first-order chi connectivity index (χ1) is 31.4. The molecule has 18 nitrogen and oxygen atoms in total. The number of aromatic amines is 1. The second-order valence-electron chi connectivity index (χ2n) is 14.5. The Kier molecular flexibility index (Phi) is 10.7. The third-order valence-electron chi connectivity index (χ3n) is 10.00. The van der Waals surface area contributed by atoms with Crippen molar-refractivity contribution in [1.29, 1.82) is 0 Å². The number of rotatable bonds is 4. The smallest absolute Gasteiger partial charge is 0.262 e. The Morgan fingerprint density at radius 2 is 1.26 bits per heavy atom. The molecule has 0 atom stereocenters. The fourth-order valence-corrected chi connectivity index (χ4v) is 8.41. The van der Waals surface area contributed by atoms with Crippen LogP contribution in [0.25, 0.3) is 55.4 Å². The van der Waals surface area contributed by atoms with Gasteiger partial charge in [0.15, 0.2) is 52.4 Å². The average molecular weight is 976 g/mol. The highest BCUT2D eigenvalue weighted by Gasteiger charge is 2.22. The van der Waals surface area contributed by atoms with Crippen LogP contribution in [-0.4, -0.2) is 83.8 Å². The highest BCUT2D eigenvalue weighted by molar-refractivity contribution is 9.10. The zero-order valence-corrected chi connectivity index (χ0v) is 36.9.